The van der Waals surface area contributed by atoms with E-state index in [-0.39, 0.29) is 12.2 Å². The summed E-state index contributed by atoms with van der Waals surface area (Å²) in [5, 5.41) is 0. The van der Waals surface area contributed by atoms with Gasteiger partial charge in [-0.25, -0.2) is 0 Å². The Morgan fingerprint density at radius 3 is 2.17 bits per heavy atom. The minimum absolute atomic E-state index is 0.118. The summed E-state index contributed by atoms with van der Waals surface area (Å²) in [5.74, 6) is 0.870. The Morgan fingerprint density at radius 2 is 1.67 bits per heavy atom. The van der Waals surface area contributed by atoms with Gasteiger partial charge in [0.05, 0.1) is 32.5 Å². The second kappa shape index (κ2) is 8.72. The molecule has 0 radical (unpaired) electrons. The summed E-state index contributed by atoms with van der Waals surface area (Å²) in [7, 11) is 1.67. The molecular formula is C14H21IO3. The summed E-state index contributed by atoms with van der Waals surface area (Å²) < 4.78 is 17.4. The van der Waals surface area contributed by atoms with Gasteiger partial charge in [-0.15, -0.1) is 0 Å². The molecule has 0 saturated heterocycles. The lowest BCUT2D eigenvalue weighted by Crippen LogP contribution is -2.13. The van der Waals surface area contributed by atoms with Crippen LogP contribution in [0.2, 0.25) is 0 Å². The molecule has 0 amide bonds. The summed E-state index contributed by atoms with van der Waals surface area (Å²) >= 11 is 2.34. The monoisotopic (exact) mass is 364 g/mol. The molecule has 1 aromatic rings. The molecule has 1 unspecified atom stereocenters. The molecule has 1 rings (SSSR count). The molecule has 1 atom stereocenters. The summed E-state index contributed by atoms with van der Waals surface area (Å²) in [6, 6.07) is 8.02. The maximum absolute atomic E-state index is 5.83. The molecule has 0 aliphatic heterocycles. The van der Waals surface area contributed by atoms with Crippen molar-refractivity contribution < 1.29 is 14.2 Å². The van der Waals surface area contributed by atoms with Crippen molar-refractivity contribution in [1.29, 1.82) is 0 Å². The van der Waals surface area contributed by atoms with E-state index in [0.29, 0.717) is 13.2 Å². The van der Waals surface area contributed by atoms with Crippen molar-refractivity contribution in [1.82, 2.24) is 0 Å². The van der Waals surface area contributed by atoms with Gasteiger partial charge in [0.2, 0.25) is 0 Å². The van der Waals surface area contributed by atoms with E-state index in [4.69, 9.17) is 14.2 Å². The van der Waals surface area contributed by atoms with Gasteiger partial charge in [0.15, 0.2) is 0 Å². The first kappa shape index (κ1) is 15.7. The fourth-order valence-electron chi connectivity index (χ4n) is 1.52. The molecule has 0 spiro atoms. The van der Waals surface area contributed by atoms with Gasteiger partial charge >= 0.3 is 0 Å². The van der Waals surface area contributed by atoms with Crippen LogP contribution in [0.3, 0.4) is 0 Å². The van der Waals surface area contributed by atoms with Crippen molar-refractivity contribution in [3.8, 4) is 5.75 Å². The molecule has 102 valence electrons. The van der Waals surface area contributed by atoms with Gasteiger partial charge in [0.25, 0.3) is 0 Å². The van der Waals surface area contributed by atoms with Gasteiger partial charge in [-0.1, -0.05) is 34.7 Å². The highest BCUT2D eigenvalue weighted by Crippen LogP contribution is 2.22. The predicted octanol–water partition coefficient (Wildman–Crippen LogP) is 3.61. The Balaban J connectivity index is 2.44. The second-order valence-corrected chi connectivity index (χ2v) is 5.09. The van der Waals surface area contributed by atoms with Crippen molar-refractivity contribution in [2.24, 2.45) is 0 Å². The molecule has 0 fully saturated rings. The zero-order chi connectivity index (χ0) is 13.4. The molecule has 0 aliphatic carbocycles. The highest BCUT2D eigenvalue weighted by Gasteiger charge is 2.10. The zero-order valence-corrected chi connectivity index (χ0v) is 13.3. The molecule has 0 aliphatic rings. The Morgan fingerprint density at radius 1 is 1.06 bits per heavy atom. The van der Waals surface area contributed by atoms with E-state index in [0.717, 1.165) is 10.2 Å². The molecule has 0 bridgehead atoms. The van der Waals surface area contributed by atoms with Gasteiger partial charge in [-0.2, -0.15) is 0 Å². The highest BCUT2D eigenvalue weighted by atomic mass is 127. The maximum atomic E-state index is 5.83. The standard InChI is InChI=1S/C14H21IO3/c1-11(2)17-8-9-18-14(10-15)12-4-6-13(16-3)7-5-12/h4-7,11,14H,8-10H2,1-3H3. The predicted molar refractivity (Wildman–Crippen MR) is 81.7 cm³/mol. The third kappa shape index (κ3) is 5.54. The first-order chi connectivity index (χ1) is 8.67. The van der Waals surface area contributed by atoms with Crippen LogP contribution in [0.15, 0.2) is 24.3 Å². The van der Waals surface area contributed by atoms with Gasteiger partial charge in [-0.3, -0.25) is 0 Å². The summed E-state index contributed by atoms with van der Waals surface area (Å²) in [5.41, 5.74) is 1.18. The number of hydrogen-bond acceptors (Lipinski definition) is 3. The lowest BCUT2D eigenvalue weighted by atomic mass is 10.1. The molecule has 4 heteroatoms. The molecule has 0 aromatic heterocycles. The minimum atomic E-state index is 0.118. The van der Waals surface area contributed by atoms with Crippen LogP contribution in [0.5, 0.6) is 5.75 Å². The minimum Gasteiger partial charge on any atom is -0.497 e. The Bertz CT molecular complexity index is 324. The third-order valence-corrected chi connectivity index (χ3v) is 3.28. The average molecular weight is 364 g/mol. The van der Waals surface area contributed by atoms with Crippen molar-refractivity contribution in [3.63, 3.8) is 0 Å². The van der Waals surface area contributed by atoms with E-state index in [1.165, 1.54) is 5.56 Å². The largest absolute Gasteiger partial charge is 0.497 e. The lowest BCUT2D eigenvalue weighted by Gasteiger charge is -2.17. The van der Waals surface area contributed by atoms with E-state index in [1.807, 2.05) is 38.1 Å². The summed E-state index contributed by atoms with van der Waals surface area (Å²) in [6.07, 6.45) is 0.375. The Hall–Kier alpha value is -0.330. The van der Waals surface area contributed by atoms with Crippen LogP contribution in [0.1, 0.15) is 25.5 Å². The number of halogens is 1. The quantitative estimate of drug-likeness (QED) is 0.401. The van der Waals surface area contributed by atoms with Crippen LogP contribution >= 0.6 is 22.6 Å². The van der Waals surface area contributed by atoms with Crippen LogP contribution in [-0.2, 0) is 9.47 Å². The van der Waals surface area contributed by atoms with E-state index >= 15 is 0 Å². The van der Waals surface area contributed by atoms with Crippen LogP contribution in [0.25, 0.3) is 0 Å². The van der Waals surface area contributed by atoms with E-state index in [1.54, 1.807) is 7.11 Å². The van der Waals surface area contributed by atoms with Crippen molar-refractivity contribution >= 4 is 22.6 Å². The Labute approximate surface area is 123 Å². The Kier molecular flexibility index (Phi) is 7.62. The van der Waals surface area contributed by atoms with E-state index in [9.17, 15) is 0 Å². The van der Waals surface area contributed by atoms with Gasteiger partial charge < -0.3 is 14.2 Å². The van der Waals surface area contributed by atoms with Crippen molar-refractivity contribution in [3.05, 3.63) is 29.8 Å². The number of alkyl halides is 1. The fraction of sp³-hybridized carbons (Fsp3) is 0.571. The smallest absolute Gasteiger partial charge is 0.118 e. The van der Waals surface area contributed by atoms with Crippen LogP contribution in [0.4, 0.5) is 0 Å². The molecule has 0 N–H and O–H groups in total. The van der Waals surface area contributed by atoms with Gasteiger partial charge in [-0.05, 0) is 31.5 Å². The van der Waals surface area contributed by atoms with Crippen LogP contribution < -0.4 is 4.74 Å². The number of methoxy groups -OCH3 is 1. The van der Waals surface area contributed by atoms with E-state index < -0.39 is 0 Å². The average Bonchev–Trinajstić information content (AvgIpc) is 2.39. The van der Waals surface area contributed by atoms with Crippen LogP contribution in [-0.4, -0.2) is 30.9 Å². The third-order valence-electron chi connectivity index (χ3n) is 2.48. The molecule has 0 saturated carbocycles. The number of hydrogen-bond donors (Lipinski definition) is 0. The molecule has 3 nitrogen and oxygen atoms in total. The summed E-state index contributed by atoms with van der Waals surface area (Å²) in [4.78, 5) is 0. The SMILES string of the molecule is COc1ccc(C(CI)OCCOC(C)C)cc1. The topological polar surface area (TPSA) is 27.7 Å². The number of rotatable bonds is 8. The molecule has 1 aromatic carbocycles. The van der Waals surface area contributed by atoms with Gasteiger partial charge in [0.1, 0.15) is 5.75 Å². The summed E-state index contributed by atoms with van der Waals surface area (Å²) in [6.45, 7) is 5.32. The molecule has 18 heavy (non-hydrogen) atoms. The number of ether oxygens (including phenoxy) is 3. The molecular weight excluding hydrogens is 343 g/mol. The fourth-order valence-corrected chi connectivity index (χ4v) is 2.29. The maximum Gasteiger partial charge on any atom is 0.118 e. The second-order valence-electron chi connectivity index (χ2n) is 4.21. The normalized spacial score (nSPS) is 12.7. The van der Waals surface area contributed by atoms with Crippen molar-refractivity contribution in [2.75, 3.05) is 24.8 Å². The van der Waals surface area contributed by atoms with Crippen LogP contribution in [0, 0.1) is 0 Å². The zero-order valence-electron chi connectivity index (χ0n) is 11.2. The lowest BCUT2D eigenvalue weighted by molar-refractivity contribution is -0.00504. The molecule has 0 heterocycles. The first-order valence-electron chi connectivity index (χ1n) is 6.10. The highest BCUT2D eigenvalue weighted by molar-refractivity contribution is 14.1. The van der Waals surface area contributed by atoms with Gasteiger partial charge in [0, 0.05) is 4.43 Å². The first-order valence-corrected chi connectivity index (χ1v) is 7.63. The number of benzene rings is 1. The van der Waals surface area contributed by atoms with E-state index in [2.05, 4.69) is 22.6 Å². The van der Waals surface area contributed by atoms with Crippen molar-refractivity contribution in [2.45, 2.75) is 26.1 Å².